The van der Waals surface area contributed by atoms with E-state index in [0.717, 1.165) is 36.8 Å². The fourth-order valence-electron chi connectivity index (χ4n) is 14.4. The molecule has 3 aromatic rings. The molecule has 8 amide bonds. The summed E-state index contributed by atoms with van der Waals surface area (Å²) < 4.78 is 0. The number of aliphatic imine (C=N–C) groups is 2. The zero-order chi connectivity index (χ0) is 65.9. The number of carboxylic acids is 2. The van der Waals surface area contributed by atoms with E-state index in [-0.39, 0.29) is 101 Å². The van der Waals surface area contributed by atoms with Gasteiger partial charge in [0.2, 0.25) is 35.4 Å². The van der Waals surface area contributed by atoms with Gasteiger partial charge in [-0.25, -0.2) is 9.59 Å². The Labute approximate surface area is 531 Å². The van der Waals surface area contributed by atoms with Gasteiger partial charge in [0, 0.05) is 57.3 Å². The van der Waals surface area contributed by atoms with Crippen molar-refractivity contribution in [2.45, 2.75) is 176 Å². The number of guanidine groups is 2. The molecule has 1 aromatic heterocycles. The number of pyridine rings is 1. The van der Waals surface area contributed by atoms with Crippen molar-refractivity contribution >= 4 is 71.1 Å². The van der Waals surface area contributed by atoms with Crippen LogP contribution in [0.3, 0.4) is 0 Å². The molecule has 12 atom stereocenters. The third-order valence-electron chi connectivity index (χ3n) is 18.9. The van der Waals surface area contributed by atoms with Gasteiger partial charge in [-0.3, -0.25) is 53.3 Å². The maximum atomic E-state index is 15.4. The number of carbonyl (C=O) groups excluding carboxylic acids is 8. The summed E-state index contributed by atoms with van der Waals surface area (Å²) in [6, 6.07) is 5.13. The Balaban J connectivity index is 0.926. The number of nitrogens with two attached hydrogens (primary N) is 4. The third kappa shape index (κ3) is 15.2. The largest absolute Gasteiger partial charge is 0.480 e. The van der Waals surface area contributed by atoms with Crippen LogP contribution in [0.1, 0.15) is 133 Å². The number of nitrogens with one attached hydrogen (secondary N) is 4. The number of likely N-dealkylation sites (tertiary alicyclic amines) is 2. The molecule has 0 spiro atoms. The molecule has 29 nitrogen and oxygen atoms in total. The number of amides is 8. The van der Waals surface area contributed by atoms with Crippen molar-refractivity contribution in [2.24, 2.45) is 44.8 Å². The van der Waals surface area contributed by atoms with E-state index in [1.54, 1.807) is 36.4 Å². The second kappa shape index (κ2) is 30.2. The molecule has 4 aliphatic heterocycles. The van der Waals surface area contributed by atoms with Gasteiger partial charge in [0.15, 0.2) is 11.9 Å². The van der Waals surface area contributed by atoms with Gasteiger partial charge in [0.25, 0.3) is 11.8 Å². The number of carboxylic acid groups (broad SMARTS) is 2. The first-order valence-electron chi connectivity index (χ1n) is 31.5. The molecule has 9 rings (SSSR count). The first kappa shape index (κ1) is 67.2. The lowest BCUT2D eigenvalue weighted by molar-refractivity contribution is -0.153. The summed E-state index contributed by atoms with van der Waals surface area (Å²) in [5, 5.41) is 52.4. The first-order chi connectivity index (χ1) is 44.2. The van der Waals surface area contributed by atoms with Crippen molar-refractivity contribution in [3.63, 3.8) is 0 Å². The topological polar surface area (TPSA) is 454 Å². The van der Waals surface area contributed by atoms with Gasteiger partial charge in [-0.1, -0.05) is 74.2 Å². The van der Waals surface area contributed by atoms with Crippen LogP contribution in [-0.2, 0) is 64.3 Å². The van der Waals surface area contributed by atoms with Crippen molar-refractivity contribution in [2.75, 3.05) is 26.3 Å². The number of hydrogen-bond donors (Lipinski definition) is 12. The van der Waals surface area contributed by atoms with Crippen molar-refractivity contribution in [3.05, 3.63) is 100 Å². The maximum Gasteiger partial charge on any atom is 0.326 e. The second-order valence-electron chi connectivity index (χ2n) is 24.6. The lowest BCUT2D eigenvalue weighted by atomic mass is 9.84. The number of aliphatic carboxylic acids is 2. The van der Waals surface area contributed by atoms with Crippen LogP contribution in [0, 0.1) is 11.8 Å². The number of aliphatic hydroxyl groups is 2. The summed E-state index contributed by atoms with van der Waals surface area (Å²) in [6.45, 7) is -2.03. The van der Waals surface area contributed by atoms with E-state index in [1.165, 1.54) is 37.9 Å². The zero-order valence-electron chi connectivity index (χ0n) is 51.1. The maximum absolute atomic E-state index is 15.4. The monoisotopic (exact) mass is 1270 g/mol. The predicted molar refractivity (Wildman–Crippen MR) is 331 cm³/mol. The lowest BCUT2D eigenvalue weighted by Crippen LogP contribution is -2.62. The summed E-state index contributed by atoms with van der Waals surface area (Å²) in [5.74, 6) is -9.56. The molecule has 494 valence electrons. The minimum atomic E-state index is -1.75. The normalized spacial score (nSPS) is 23.5. The van der Waals surface area contributed by atoms with E-state index in [2.05, 4.69) is 36.2 Å². The average Bonchev–Trinajstić information content (AvgIpc) is 1.49. The van der Waals surface area contributed by atoms with Crippen LogP contribution in [0.15, 0.2) is 76.8 Å². The minimum absolute atomic E-state index is 0.00683. The molecular formula is C63H83N15O14. The Morgan fingerprint density at radius 2 is 0.935 bits per heavy atom. The van der Waals surface area contributed by atoms with Gasteiger partial charge in [0.05, 0.1) is 18.8 Å². The number of hydrogen-bond acceptors (Lipinski definition) is 15. The molecule has 2 saturated heterocycles. The number of rotatable bonds is 24. The molecule has 4 unspecified atom stereocenters. The van der Waals surface area contributed by atoms with Gasteiger partial charge < -0.3 is 84.2 Å². The van der Waals surface area contributed by atoms with E-state index < -0.39 is 144 Å². The summed E-state index contributed by atoms with van der Waals surface area (Å²) in [4.78, 5) is 161. The Bertz CT molecular complexity index is 3130. The Kier molecular flexibility index (Phi) is 22.1. The molecule has 6 aliphatic rings. The van der Waals surface area contributed by atoms with Crippen LogP contribution >= 0.6 is 0 Å². The van der Waals surface area contributed by atoms with E-state index in [4.69, 9.17) is 22.9 Å². The van der Waals surface area contributed by atoms with Crippen LogP contribution in [-0.4, -0.2) is 203 Å². The molecule has 0 radical (unpaired) electrons. The summed E-state index contributed by atoms with van der Waals surface area (Å²) in [7, 11) is 0. The van der Waals surface area contributed by atoms with E-state index in [9.17, 15) is 54.0 Å². The summed E-state index contributed by atoms with van der Waals surface area (Å²) >= 11 is 0. The van der Waals surface area contributed by atoms with Gasteiger partial charge in [0.1, 0.15) is 54.0 Å². The van der Waals surface area contributed by atoms with Gasteiger partial charge in [-0.05, 0) is 110 Å². The predicted octanol–water partition coefficient (Wildman–Crippen LogP) is -1.26. The highest BCUT2D eigenvalue weighted by molar-refractivity contribution is 6.08. The number of benzene rings is 2. The van der Waals surface area contributed by atoms with Crippen molar-refractivity contribution in [3.8, 4) is 0 Å². The number of nitrogens with zero attached hydrogens (tertiary/aromatic N) is 7. The van der Waals surface area contributed by atoms with Crippen LogP contribution in [0.25, 0.3) is 0 Å². The molecule has 4 fully saturated rings. The first-order valence-corrected chi connectivity index (χ1v) is 31.5. The minimum Gasteiger partial charge on any atom is -0.480 e. The number of aliphatic hydroxyl groups excluding tert-OH is 2. The second-order valence-corrected chi connectivity index (χ2v) is 24.6. The van der Waals surface area contributed by atoms with Crippen LogP contribution in [0.2, 0.25) is 0 Å². The molecule has 2 saturated carbocycles. The standard InChI is InChI=1S/C63H83N15O14/c64-62(65)69-24-10-19-41(60(89)90)71-53(82)47-28-36-14-5-7-21-45(36)77(47)58(87)49-26-34-12-1-3-16-38(34)30-75(49)56(85)43(32-79)73-52(81)40-18-9-23-68-51(40)55(84)74-44(33-80)57(86)76-31-39-17-4-2-13-35(39)27-50(76)59(88)78-46-22-8-6-15-37(46)29-48(78)54(83)72-42(61(91)92)20-11-25-70-63(66)67/h1-4,9,12-13,16-18,23,36-37,41-50,79-80H,5-8,10-11,14-15,19-22,24-33H2,(H,71,82)(H,72,83)(H,73,81)(H,74,84)(H,89,90)(H,91,92)(H4,64,65,69)(H4,66,67,70)/t36?,37?,41-,42-,43-,44-,45?,46?,47-,48-,49+,50+/m0/s1. The Morgan fingerprint density at radius 3 is 1.35 bits per heavy atom. The highest BCUT2D eigenvalue weighted by atomic mass is 16.4. The summed E-state index contributed by atoms with van der Waals surface area (Å²) in [6.07, 6.45) is 7.88. The van der Waals surface area contributed by atoms with Gasteiger partial charge >= 0.3 is 11.9 Å². The molecule has 29 heteroatoms. The quantitative estimate of drug-likeness (QED) is 0.0283. The van der Waals surface area contributed by atoms with Gasteiger partial charge in [-0.15, -0.1) is 0 Å². The number of fused-ring (bicyclic) bond motifs is 4. The summed E-state index contributed by atoms with van der Waals surface area (Å²) in [5.41, 5.74) is 23.6. The highest BCUT2D eigenvalue weighted by Gasteiger charge is 2.53. The van der Waals surface area contributed by atoms with Crippen LogP contribution in [0.5, 0.6) is 0 Å². The lowest BCUT2D eigenvalue weighted by Gasteiger charge is -2.42. The number of aromatic nitrogens is 1. The fraction of sp³-hybridized carbons (Fsp3) is 0.540. The Hall–Kier alpha value is -9.25. The van der Waals surface area contributed by atoms with E-state index >= 15 is 14.4 Å². The van der Waals surface area contributed by atoms with Crippen LogP contribution in [0.4, 0.5) is 0 Å². The van der Waals surface area contributed by atoms with Crippen molar-refractivity contribution < 1.29 is 68.4 Å². The molecule has 2 aromatic carbocycles. The smallest absolute Gasteiger partial charge is 0.326 e. The van der Waals surface area contributed by atoms with Crippen molar-refractivity contribution in [1.29, 1.82) is 0 Å². The SMILES string of the molecule is NC(N)=NCCC[C@H](NC(=O)[C@@H]1CC2CCCCC2N1C(=O)[C@H]1Cc2ccccc2CN1C(=O)[C@H](CO)NC(=O)c1cccnc1C(=O)N[C@@H](CO)C(=O)N1Cc2ccccc2C[C@@H]1C(=O)N1C2CCCCC2C[C@H]1C(=O)N[C@@H](CCCN=C(N)N)C(=O)O)C(=O)O. The number of carbonyl (C=O) groups is 10. The average molecular weight is 1270 g/mol. The molecule has 92 heavy (non-hydrogen) atoms. The molecule has 0 bridgehead atoms. The molecule has 16 N–H and O–H groups in total. The fourth-order valence-corrected chi connectivity index (χ4v) is 14.4. The molecule has 2 aliphatic carbocycles. The molecule has 5 heterocycles. The van der Waals surface area contributed by atoms with E-state index in [0.29, 0.717) is 36.8 Å². The molecular weight excluding hydrogens is 1190 g/mol. The highest BCUT2D eigenvalue weighted by Crippen LogP contribution is 2.43. The third-order valence-corrected chi connectivity index (χ3v) is 18.9. The zero-order valence-corrected chi connectivity index (χ0v) is 51.1. The van der Waals surface area contributed by atoms with Gasteiger partial charge in [-0.2, -0.15) is 0 Å². The van der Waals surface area contributed by atoms with E-state index in [1.807, 2.05) is 12.1 Å². The van der Waals surface area contributed by atoms with Crippen LogP contribution < -0.4 is 44.2 Å². The van der Waals surface area contributed by atoms with Crippen molar-refractivity contribution in [1.82, 2.24) is 45.9 Å². The Morgan fingerprint density at radius 1 is 0.522 bits per heavy atom.